The summed E-state index contributed by atoms with van der Waals surface area (Å²) in [6, 6.07) is 13.1. The van der Waals surface area contributed by atoms with Crippen LogP contribution in [0.1, 0.15) is 11.1 Å². The zero-order valence-corrected chi connectivity index (χ0v) is 12.9. The Morgan fingerprint density at radius 3 is 2.70 bits per heavy atom. The lowest BCUT2D eigenvalue weighted by atomic mass is 10.1. The summed E-state index contributed by atoms with van der Waals surface area (Å²) in [5.41, 5.74) is 1.83. The standard InChI is InChI=1S/C16H17BrFNO/c1-20-16-5-3-2-4-12(16)8-9-19-11-13-6-7-14(17)10-15(13)18/h2-7,10,19H,8-9,11H2,1H3. The Bertz CT molecular complexity index is 574. The van der Waals surface area contributed by atoms with E-state index in [-0.39, 0.29) is 5.82 Å². The number of halogens is 2. The summed E-state index contributed by atoms with van der Waals surface area (Å²) in [4.78, 5) is 0. The molecule has 0 heterocycles. The summed E-state index contributed by atoms with van der Waals surface area (Å²) in [6.45, 7) is 1.30. The molecule has 0 radical (unpaired) electrons. The SMILES string of the molecule is COc1ccccc1CCNCc1ccc(Br)cc1F. The van der Waals surface area contributed by atoms with Gasteiger partial charge in [0, 0.05) is 16.6 Å². The van der Waals surface area contributed by atoms with Crippen molar-refractivity contribution in [3.63, 3.8) is 0 Å². The second-order valence-electron chi connectivity index (χ2n) is 4.47. The fourth-order valence-electron chi connectivity index (χ4n) is 2.02. The molecule has 0 aliphatic rings. The molecule has 0 amide bonds. The molecule has 0 aromatic heterocycles. The Kier molecular flexibility index (Phi) is 5.56. The van der Waals surface area contributed by atoms with Gasteiger partial charge in [-0.2, -0.15) is 0 Å². The monoisotopic (exact) mass is 337 g/mol. The summed E-state index contributed by atoms with van der Waals surface area (Å²) in [5, 5.41) is 3.25. The van der Waals surface area contributed by atoms with Gasteiger partial charge in [-0.15, -0.1) is 0 Å². The zero-order chi connectivity index (χ0) is 14.4. The molecule has 4 heteroatoms. The molecule has 0 saturated heterocycles. The average molecular weight is 338 g/mol. The predicted octanol–water partition coefficient (Wildman–Crippen LogP) is 3.93. The first-order valence-electron chi connectivity index (χ1n) is 6.47. The van der Waals surface area contributed by atoms with E-state index in [1.807, 2.05) is 30.3 Å². The quantitative estimate of drug-likeness (QED) is 0.806. The smallest absolute Gasteiger partial charge is 0.128 e. The number of rotatable bonds is 6. The topological polar surface area (TPSA) is 21.3 Å². The Morgan fingerprint density at radius 2 is 1.95 bits per heavy atom. The molecule has 0 bridgehead atoms. The molecule has 2 aromatic rings. The van der Waals surface area contributed by atoms with Crippen molar-refractivity contribution >= 4 is 15.9 Å². The van der Waals surface area contributed by atoms with Gasteiger partial charge < -0.3 is 10.1 Å². The van der Waals surface area contributed by atoms with Crippen molar-refractivity contribution in [3.05, 3.63) is 63.9 Å². The van der Waals surface area contributed by atoms with Crippen LogP contribution in [0.4, 0.5) is 4.39 Å². The van der Waals surface area contributed by atoms with Crippen LogP contribution in [0.3, 0.4) is 0 Å². The summed E-state index contributed by atoms with van der Waals surface area (Å²) in [6.07, 6.45) is 0.849. The molecule has 2 rings (SSSR count). The molecule has 0 atom stereocenters. The minimum atomic E-state index is -0.191. The summed E-state index contributed by atoms with van der Waals surface area (Å²) >= 11 is 3.25. The lowest BCUT2D eigenvalue weighted by molar-refractivity contribution is 0.409. The van der Waals surface area contributed by atoms with Gasteiger partial charge in [0.05, 0.1) is 7.11 Å². The van der Waals surface area contributed by atoms with E-state index in [0.717, 1.165) is 28.8 Å². The normalized spacial score (nSPS) is 10.6. The molecule has 0 saturated carbocycles. The third-order valence-electron chi connectivity index (χ3n) is 3.09. The maximum absolute atomic E-state index is 13.6. The molecule has 0 fully saturated rings. The van der Waals surface area contributed by atoms with Crippen LogP contribution in [0.25, 0.3) is 0 Å². The minimum Gasteiger partial charge on any atom is -0.496 e. The Labute approximate surface area is 127 Å². The fourth-order valence-corrected chi connectivity index (χ4v) is 2.35. The number of ether oxygens (including phenoxy) is 1. The second kappa shape index (κ2) is 7.41. The minimum absolute atomic E-state index is 0.191. The molecule has 2 nitrogen and oxygen atoms in total. The van der Waals surface area contributed by atoms with Gasteiger partial charge in [-0.3, -0.25) is 0 Å². The Balaban J connectivity index is 1.84. The van der Waals surface area contributed by atoms with Crippen molar-refractivity contribution in [2.24, 2.45) is 0 Å². The highest BCUT2D eigenvalue weighted by molar-refractivity contribution is 9.10. The average Bonchev–Trinajstić information content (AvgIpc) is 2.46. The van der Waals surface area contributed by atoms with E-state index < -0.39 is 0 Å². The first-order valence-corrected chi connectivity index (χ1v) is 7.26. The number of benzene rings is 2. The van der Waals surface area contributed by atoms with Crippen LogP contribution in [0, 0.1) is 5.82 Å². The molecule has 0 aliphatic heterocycles. The maximum atomic E-state index is 13.6. The van der Waals surface area contributed by atoms with E-state index >= 15 is 0 Å². The van der Waals surface area contributed by atoms with Gasteiger partial charge in [0.25, 0.3) is 0 Å². The molecule has 0 spiro atoms. The van der Waals surface area contributed by atoms with Crippen molar-refractivity contribution in [1.82, 2.24) is 5.32 Å². The van der Waals surface area contributed by atoms with Crippen LogP contribution in [0.15, 0.2) is 46.9 Å². The number of hydrogen-bond acceptors (Lipinski definition) is 2. The van der Waals surface area contributed by atoms with E-state index in [9.17, 15) is 4.39 Å². The number of nitrogens with one attached hydrogen (secondary N) is 1. The van der Waals surface area contributed by atoms with Crippen LogP contribution < -0.4 is 10.1 Å². The van der Waals surface area contributed by atoms with Crippen LogP contribution >= 0.6 is 15.9 Å². The van der Waals surface area contributed by atoms with E-state index in [2.05, 4.69) is 21.2 Å². The highest BCUT2D eigenvalue weighted by Gasteiger charge is 2.03. The summed E-state index contributed by atoms with van der Waals surface area (Å²) in [7, 11) is 1.67. The van der Waals surface area contributed by atoms with Crippen molar-refractivity contribution in [1.29, 1.82) is 0 Å². The lowest BCUT2D eigenvalue weighted by Crippen LogP contribution is -2.17. The number of para-hydroxylation sites is 1. The van der Waals surface area contributed by atoms with E-state index in [0.29, 0.717) is 12.1 Å². The molecule has 0 aliphatic carbocycles. The van der Waals surface area contributed by atoms with Crippen LogP contribution in [-0.2, 0) is 13.0 Å². The van der Waals surface area contributed by atoms with Crippen LogP contribution in [0.5, 0.6) is 5.75 Å². The van der Waals surface area contributed by atoms with Crippen molar-refractivity contribution < 1.29 is 9.13 Å². The highest BCUT2D eigenvalue weighted by atomic mass is 79.9. The Morgan fingerprint density at radius 1 is 1.15 bits per heavy atom. The first-order chi connectivity index (χ1) is 9.70. The maximum Gasteiger partial charge on any atom is 0.128 e. The largest absolute Gasteiger partial charge is 0.496 e. The summed E-state index contributed by atoms with van der Waals surface area (Å²) < 4.78 is 19.7. The Hall–Kier alpha value is -1.39. The van der Waals surface area contributed by atoms with Gasteiger partial charge in [-0.25, -0.2) is 4.39 Å². The van der Waals surface area contributed by atoms with Gasteiger partial charge in [0.2, 0.25) is 0 Å². The predicted molar refractivity (Wildman–Crippen MR) is 82.5 cm³/mol. The number of hydrogen-bond donors (Lipinski definition) is 1. The molecule has 106 valence electrons. The van der Waals surface area contributed by atoms with E-state index in [1.165, 1.54) is 6.07 Å². The molecular weight excluding hydrogens is 321 g/mol. The fraction of sp³-hybridized carbons (Fsp3) is 0.250. The molecular formula is C16H17BrFNO. The van der Waals surface area contributed by atoms with Gasteiger partial charge in [-0.05, 0) is 36.7 Å². The third kappa shape index (κ3) is 4.05. The van der Waals surface area contributed by atoms with Gasteiger partial charge >= 0.3 is 0 Å². The molecule has 20 heavy (non-hydrogen) atoms. The van der Waals surface area contributed by atoms with E-state index in [1.54, 1.807) is 13.2 Å². The third-order valence-corrected chi connectivity index (χ3v) is 3.59. The molecule has 2 aromatic carbocycles. The van der Waals surface area contributed by atoms with Gasteiger partial charge in [0.15, 0.2) is 0 Å². The highest BCUT2D eigenvalue weighted by Crippen LogP contribution is 2.18. The van der Waals surface area contributed by atoms with Gasteiger partial charge in [-0.1, -0.05) is 40.2 Å². The van der Waals surface area contributed by atoms with Crippen molar-refractivity contribution in [2.75, 3.05) is 13.7 Å². The summed E-state index contributed by atoms with van der Waals surface area (Å²) in [5.74, 6) is 0.702. The van der Waals surface area contributed by atoms with Crippen molar-refractivity contribution in [2.45, 2.75) is 13.0 Å². The lowest BCUT2D eigenvalue weighted by Gasteiger charge is -2.09. The van der Waals surface area contributed by atoms with Crippen molar-refractivity contribution in [3.8, 4) is 5.75 Å². The molecule has 0 unspecified atom stereocenters. The number of methoxy groups -OCH3 is 1. The van der Waals surface area contributed by atoms with Crippen LogP contribution in [0.2, 0.25) is 0 Å². The second-order valence-corrected chi connectivity index (χ2v) is 5.39. The zero-order valence-electron chi connectivity index (χ0n) is 11.3. The molecule has 1 N–H and O–H groups in total. The van der Waals surface area contributed by atoms with Crippen LogP contribution in [-0.4, -0.2) is 13.7 Å². The first kappa shape index (κ1) is 15.0. The van der Waals surface area contributed by atoms with Gasteiger partial charge in [0.1, 0.15) is 11.6 Å². The van der Waals surface area contributed by atoms with E-state index in [4.69, 9.17) is 4.74 Å².